The molecule has 3 aliphatic heterocycles. The Balaban J connectivity index is 1.79. The average Bonchev–Trinajstić information content (AvgIpc) is 2.35. The van der Waals surface area contributed by atoms with Crippen molar-refractivity contribution >= 4 is 5.91 Å². The summed E-state index contributed by atoms with van der Waals surface area (Å²) in [6, 6.07) is 0.493. The smallest absolute Gasteiger partial charge is 0.220 e. The molecular formula is C16H26N2O. The van der Waals surface area contributed by atoms with Crippen molar-refractivity contribution in [2.45, 2.75) is 46.1 Å². The van der Waals surface area contributed by atoms with Crippen molar-refractivity contribution < 1.29 is 4.79 Å². The highest BCUT2D eigenvalue weighted by Gasteiger charge is 2.39. The number of amides is 1. The van der Waals surface area contributed by atoms with Gasteiger partial charge in [-0.15, -0.1) is 12.3 Å². The number of rotatable bonds is 3. The van der Waals surface area contributed by atoms with Gasteiger partial charge in [0.2, 0.25) is 5.91 Å². The van der Waals surface area contributed by atoms with Crippen molar-refractivity contribution in [2.75, 3.05) is 19.6 Å². The third-order valence-corrected chi connectivity index (χ3v) is 4.32. The van der Waals surface area contributed by atoms with Crippen molar-refractivity contribution in [3.8, 4) is 12.3 Å². The third-order valence-electron chi connectivity index (χ3n) is 4.32. The summed E-state index contributed by atoms with van der Waals surface area (Å²) in [6.07, 6.45) is 8.54. The maximum absolute atomic E-state index is 11.9. The molecule has 0 radical (unpaired) electrons. The minimum atomic E-state index is 0.0600. The fraction of sp³-hybridized carbons (Fsp3) is 0.812. The predicted molar refractivity (Wildman–Crippen MR) is 77.5 cm³/mol. The van der Waals surface area contributed by atoms with Crippen molar-refractivity contribution in [3.05, 3.63) is 0 Å². The molecule has 1 N–H and O–H groups in total. The molecule has 0 spiro atoms. The summed E-state index contributed by atoms with van der Waals surface area (Å²) >= 11 is 0. The van der Waals surface area contributed by atoms with Crippen molar-refractivity contribution in [1.29, 1.82) is 0 Å². The van der Waals surface area contributed by atoms with Gasteiger partial charge >= 0.3 is 0 Å². The summed E-state index contributed by atoms with van der Waals surface area (Å²) in [4.78, 5) is 14.3. The molecule has 106 valence electrons. The number of piperidine rings is 3. The number of terminal acetylenes is 1. The first-order valence-electron chi connectivity index (χ1n) is 7.36. The zero-order valence-corrected chi connectivity index (χ0v) is 12.4. The van der Waals surface area contributed by atoms with E-state index < -0.39 is 0 Å². The maximum atomic E-state index is 11.9. The second-order valence-electron chi connectivity index (χ2n) is 7.25. The molecule has 3 heterocycles. The molecule has 3 nitrogen and oxygen atoms in total. The SMILES string of the molecule is C#C[C@H]1CN2CC[C@@H]1C[C@@H]2CNC(=O)CC(C)(C)C. The minimum Gasteiger partial charge on any atom is -0.355 e. The lowest BCUT2D eigenvalue weighted by Crippen LogP contribution is -2.56. The van der Waals surface area contributed by atoms with Gasteiger partial charge in [-0.3, -0.25) is 9.69 Å². The van der Waals surface area contributed by atoms with Gasteiger partial charge in [-0.1, -0.05) is 20.8 Å². The summed E-state index contributed by atoms with van der Waals surface area (Å²) in [6.45, 7) is 9.22. The largest absolute Gasteiger partial charge is 0.355 e. The van der Waals surface area contributed by atoms with Crippen LogP contribution in [0.15, 0.2) is 0 Å². The van der Waals surface area contributed by atoms with Crippen LogP contribution in [-0.2, 0) is 4.79 Å². The summed E-state index contributed by atoms with van der Waals surface area (Å²) in [5, 5.41) is 3.09. The van der Waals surface area contributed by atoms with Crippen LogP contribution in [0.1, 0.15) is 40.0 Å². The second kappa shape index (κ2) is 5.54. The number of hydrogen-bond acceptors (Lipinski definition) is 2. The highest BCUT2D eigenvalue weighted by atomic mass is 16.1. The van der Waals surface area contributed by atoms with Crippen LogP contribution in [0.5, 0.6) is 0 Å². The molecule has 0 aromatic heterocycles. The van der Waals surface area contributed by atoms with Gasteiger partial charge in [0, 0.05) is 31.5 Å². The molecule has 4 atom stereocenters. The van der Waals surface area contributed by atoms with Crippen LogP contribution >= 0.6 is 0 Å². The van der Waals surface area contributed by atoms with Gasteiger partial charge in [0.25, 0.3) is 0 Å². The molecule has 3 aliphatic rings. The van der Waals surface area contributed by atoms with Crippen LogP contribution < -0.4 is 5.32 Å². The van der Waals surface area contributed by atoms with E-state index in [1.807, 2.05) is 0 Å². The molecular weight excluding hydrogens is 236 g/mol. The first-order valence-corrected chi connectivity index (χ1v) is 7.36. The van der Waals surface area contributed by atoms with Crippen molar-refractivity contribution in [2.24, 2.45) is 17.3 Å². The van der Waals surface area contributed by atoms with E-state index in [2.05, 4.69) is 36.9 Å². The lowest BCUT2D eigenvalue weighted by molar-refractivity contribution is -0.123. The predicted octanol–water partition coefficient (Wildman–Crippen LogP) is 1.88. The number of carbonyl (C=O) groups excluding carboxylic acids is 1. The maximum Gasteiger partial charge on any atom is 0.220 e. The zero-order chi connectivity index (χ0) is 14.0. The van der Waals surface area contributed by atoms with Crippen LogP contribution in [0.4, 0.5) is 0 Å². The van der Waals surface area contributed by atoms with Gasteiger partial charge in [0.05, 0.1) is 0 Å². The van der Waals surface area contributed by atoms with Crippen molar-refractivity contribution in [1.82, 2.24) is 10.2 Å². The van der Waals surface area contributed by atoms with E-state index in [9.17, 15) is 4.79 Å². The molecule has 1 unspecified atom stereocenters. The van der Waals surface area contributed by atoms with E-state index in [4.69, 9.17) is 6.42 Å². The van der Waals surface area contributed by atoms with Gasteiger partial charge in [-0.25, -0.2) is 0 Å². The Morgan fingerprint density at radius 2 is 2.21 bits per heavy atom. The Morgan fingerprint density at radius 3 is 2.74 bits per heavy atom. The quantitative estimate of drug-likeness (QED) is 0.788. The van der Waals surface area contributed by atoms with Gasteiger partial charge in [-0.2, -0.15) is 0 Å². The normalized spacial score (nSPS) is 33.8. The standard InChI is InChI=1S/C16H26N2O/c1-5-12-11-18-7-6-13(12)8-14(18)10-17-15(19)9-16(2,3)4/h1,12-14H,6-11H2,2-4H3,(H,17,19)/t12-,13+,14+/m0/s1. The second-order valence-corrected chi connectivity index (χ2v) is 7.25. The Kier molecular flexibility index (Phi) is 4.20. The van der Waals surface area contributed by atoms with Gasteiger partial charge in [0.15, 0.2) is 0 Å². The molecule has 0 saturated carbocycles. The number of carbonyl (C=O) groups is 1. The Morgan fingerprint density at radius 1 is 1.47 bits per heavy atom. The Labute approximate surface area is 117 Å². The van der Waals surface area contributed by atoms with E-state index in [-0.39, 0.29) is 11.3 Å². The van der Waals surface area contributed by atoms with Crippen LogP contribution in [0.25, 0.3) is 0 Å². The number of hydrogen-bond donors (Lipinski definition) is 1. The molecule has 0 aliphatic carbocycles. The molecule has 3 fully saturated rings. The summed E-state index contributed by atoms with van der Waals surface area (Å²) in [5.74, 6) is 4.19. The molecule has 3 saturated heterocycles. The molecule has 1 amide bonds. The van der Waals surface area contributed by atoms with Gasteiger partial charge < -0.3 is 5.32 Å². The van der Waals surface area contributed by atoms with Crippen molar-refractivity contribution in [3.63, 3.8) is 0 Å². The Hall–Kier alpha value is -1.01. The van der Waals surface area contributed by atoms with E-state index in [0.29, 0.717) is 24.3 Å². The highest BCUT2D eigenvalue weighted by Crippen LogP contribution is 2.35. The number of nitrogens with one attached hydrogen (secondary N) is 1. The fourth-order valence-electron chi connectivity index (χ4n) is 3.32. The molecule has 3 heteroatoms. The lowest BCUT2D eigenvalue weighted by atomic mass is 9.76. The average molecular weight is 262 g/mol. The zero-order valence-electron chi connectivity index (χ0n) is 12.4. The van der Waals surface area contributed by atoms with Gasteiger partial charge in [-0.05, 0) is 30.7 Å². The highest BCUT2D eigenvalue weighted by molar-refractivity contribution is 5.76. The fourth-order valence-corrected chi connectivity index (χ4v) is 3.32. The third kappa shape index (κ3) is 3.73. The number of fused-ring (bicyclic) bond motifs is 3. The summed E-state index contributed by atoms with van der Waals surface area (Å²) in [7, 11) is 0. The first kappa shape index (κ1) is 14.4. The monoisotopic (exact) mass is 262 g/mol. The molecule has 2 bridgehead atoms. The minimum absolute atomic E-state index is 0.0600. The molecule has 3 rings (SSSR count). The Bertz CT molecular complexity index is 377. The lowest BCUT2D eigenvalue weighted by Gasteiger charge is -2.48. The molecule has 0 aromatic carbocycles. The van der Waals surface area contributed by atoms with E-state index in [1.165, 1.54) is 6.42 Å². The van der Waals surface area contributed by atoms with Crippen LogP contribution in [0.2, 0.25) is 0 Å². The summed E-state index contributed by atoms with van der Waals surface area (Å²) in [5.41, 5.74) is 0.0600. The number of nitrogens with zero attached hydrogens (tertiary/aromatic N) is 1. The van der Waals surface area contributed by atoms with Crippen LogP contribution in [-0.4, -0.2) is 36.5 Å². The summed E-state index contributed by atoms with van der Waals surface area (Å²) < 4.78 is 0. The molecule has 19 heavy (non-hydrogen) atoms. The van der Waals surface area contributed by atoms with Gasteiger partial charge in [0.1, 0.15) is 0 Å². The first-order chi connectivity index (χ1) is 8.89. The van der Waals surface area contributed by atoms with E-state index >= 15 is 0 Å². The van der Waals surface area contributed by atoms with E-state index in [0.717, 1.165) is 26.1 Å². The van der Waals surface area contributed by atoms with Crippen LogP contribution in [0, 0.1) is 29.6 Å². The van der Waals surface area contributed by atoms with E-state index in [1.54, 1.807) is 0 Å². The topological polar surface area (TPSA) is 32.3 Å². The van der Waals surface area contributed by atoms with Crippen LogP contribution in [0.3, 0.4) is 0 Å². The molecule has 0 aromatic rings.